The van der Waals surface area contributed by atoms with Crippen LogP contribution in [0.1, 0.15) is 41.3 Å². The lowest BCUT2D eigenvalue weighted by atomic mass is 10.1. The van der Waals surface area contributed by atoms with Gasteiger partial charge in [-0.15, -0.1) is 0 Å². The van der Waals surface area contributed by atoms with Crippen molar-refractivity contribution in [2.24, 2.45) is 0 Å². The van der Waals surface area contributed by atoms with E-state index in [2.05, 4.69) is 4.98 Å². The van der Waals surface area contributed by atoms with Crippen LogP contribution in [0, 0.1) is 0 Å². The molecule has 0 unspecified atom stereocenters. The fourth-order valence-electron chi connectivity index (χ4n) is 2.88. The van der Waals surface area contributed by atoms with E-state index in [-0.39, 0.29) is 16.6 Å². The summed E-state index contributed by atoms with van der Waals surface area (Å²) in [6, 6.07) is 12.2. The zero-order valence-corrected chi connectivity index (χ0v) is 14.5. The molecular weight excluding hydrogens is 340 g/mol. The van der Waals surface area contributed by atoms with Gasteiger partial charge in [0.15, 0.2) is 0 Å². The zero-order chi connectivity index (χ0) is 17.6. The summed E-state index contributed by atoms with van der Waals surface area (Å²) in [7, 11) is 0. The minimum Gasteiger partial charge on any atom is -0.444 e. The van der Waals surface area contributed by atoms with Crippen LogP contribution in [0.5, 0.6) is 0 Å². The highest BCUT2D eigenvalue weighted by Crippen LogP contribution is 2.25. The number of nitrogens with zero attached hydrogens (tertiary/aromatic N) is 2. The maximum absolute atomic E-state index is 13.0. The molecule has 1 aromatic heterocycles. The Morgan fingerprint density at radius 1 is 1.04 bits per heavy atom. The highest BCUT2D eigenvalue weighted by Gasteiger charge is 2.31. The summed E-state index contributed by atoms with van der Waals surface area (Å²) < 4.78 is 5.56. The highest BCUT2D eigenvalue weighted by molar-refractivity contribution is 6.32. The van der Waals surface area contributed by atoms with Gasteiger partial charge in [-0.2, -0.15) is 0 Å². The third-order valence-electron chi connectivity index (χ3n) is 4.20. The number of pyridine rings is 1. The van der Waals surface area contributed by atoms with Crippen LogP contribution in [0.15, 0.2) is 48.7 Å². The summed E-state index contributed by atoms with van der Waals surface area (Å²) in [5, 5.41) is 0.0599. The number of likely N-dealkylation sites (tertiary alicyclic amines) is 1. The molecule has 0 saturated carbocycles. The summed E-state index contributed by atoms with van der Waals surface area (Å²) in [5.41, 5.74) is 0.794. The molecule has 1 aliphatic heterocycles. The van der Waals surface area contributed by atoms with Gasteiger partial charge >= 0.3 is 5.97 Å². The van der Waals surface area contributed by atoms with Crippen molar-refractivity contribution in [1.82, 2.24) is 9.88 Å². The Labute approximate surface area is 151 Å². The second-order valence-corrected chi connectivity index (χ2v) is 6.28. The first-order valence-electron chi connectivity index (χ1n) is 8.32. The Morgan fingerprint density at radius 2 is 1.76 bits per heavy atom. The molecule has 1 atom stereocenters. The molecule has 0 spiro atoms. The van der Waals surface area contributed by atoms with Crippen molar-refractivity contribution in [2.45, 2.75) is 25.4 Å². The number of carbonyl (C=O) groups is 2. The van der Waals surface area contributed by atoms with Crippen molar-refractivity contribution < 1.29 is 14.3 Å². The molecule has 2 aromatic rings. The summed E-state index contributed by atoms with van der Waals surface area (Å²) in [6.07, 6.45) is 3.56. The minimum absolute atomic E-state index is 0.0599. The van der Waals surface area contributed by atoms with E-state index in [0.717, 1.165) is 19.3 Å². The fraction of sp³-hybridized carbons (Fsp3) is 0.316. The second kappa shape index (κ2) is 8.12. The minimum atomic E-state index is -0.983. The zero-order valence-electron chi connectivity index (χ0n) is 13.7. The van der Waals surface area contributed by atoms with Gasteiger partial charge in [0.2, 0.25) is 6.10 Å². The Morgan fingerprint density at radius 3 is 2.44 bits per heavy atom. The summed E-state index contributed by atoms with van der Waals surface area (Å²) in [4.78, 5) is 31.1. The lowest BCUT2D eigenvalue weighted by Crippen LogP contribution is -2.40. The monoisotopic (exact) mass is 358 g/mol. The molecule has 25 heavy (non-hydrogen) atoms. The molecule has 0 bridgehead atoms. The third kappa shape index (κ3) is 4.17. The predicted molar refractivity (Wildman–Crippen MR) is 94.3 cm³/mol. The van der Waals surface area contributed by atoms with E-state index in [4.69, 9.17) is 16.3 Å². The normalized spacial score (nSPS) is 15.5. The van der Waals surface area contributed by atoms with E-state index < -0.39 is 12.1 Å². The van der Waals surface area contributed by atoms with Gasteiger partial charge in [-0.25, -0.2) is 9.78 Å². The number of amides is 1. The van der Waals surface area contributed by atoms with Crippen molar-refractivity contribution in [1.29, 1.82) is 0 Å². The number of piperidine rings is 1. The van der Waals surface area contributed by atoms with E-state index in [1.54, 1.807) is 23.1 Å². The van der Waals surface area contributed by atoms with E-state index >= 15 is 0 Å². The molecule has 6 heteroatoms. The second-order valence-electron chi connectivity index (χ2n) is 5.92. The summed E-state index contributed by atoms with van der Waals surface area (Å²) in [5.74, 6) is -0.850. The lowest BCUT2D eigenvalue weighted by molar-refractivity contribution is -0.142. The first-order valence-corrected chi connectivity index (χ1v) is 8.70. The third-order valence-corrected chi connectivity index (χ3v) is 4.50. The molecule has 2 heterocycles. The van der Waals surface area contributed by atoms with Crippen molar-refractivity contribution >= 4 is 23.5 Å². The van der Waals surface area contributed by atoms with Gasteiger partial charge < -0.3 is 9.64 Å². The summed E-state index contributed by atoms with van der Waals surface area (Å²) >= 11 is 5.97. The standard InChI is InChI=1S/C19H19ClN2O3/c20-17-15(10-7-11-21-17)19(24)25-16(14-8-3-1-4-9-14)18(23)22-12-5-2-6-13-22/h1,3-4,7-11,16H,2,5-6,12-13H2/t16-/m0/s1. The van der Waals surface area contributed by atoms with Gasteiger partial charge in [0, 0.05) is 24.8 Å². The number of benzene rings is 1. The van der Waals surface area contributed by atoms with E-state index in [0.29, 0.717) is 18.7 Å². The topological polar surface area (TPSA) is 59.5 Å². The Bertz CT molecular complexity index is 745. The largest absolute Gasteiger partial charge is 0.444 e. The Hall–Kier alpha value is -2.40. The molecule has 1 saturated heterocycles. The molecule has 5 nitrogen and oxygen atoms in total. The van der Waals surface area contributed by atoms with Gasteiger partial charge in [0.25, 0.3) is 5.91 Å². The molecule has 130 valence electrons. The average Bonchev–Trinajstić information content (AvgIpc) is 2.67. The number of ether oxygens (including phenoxy) is 1. The number of carbonyl (C=O) groups excluding carboxylic acids is 2. The maximum atomic E-state index is 13.0. The SMILES string of the molecule is O=C(O[C@H](C(=O)N1CCCCC1)c1ccccc1)c1cccnc1Cl. The molecule has 1 fully saturated rings. The van der Waals surface area contributed by atoms with E-state index in [9.17, 15) is 9.59 Å². The van der Waals surface area contributed by atoms with Crippen LogP contribution in [-0.4, -0.2) is 34.8 Å². The molecule has 3 rings (SSSR count). The van der Waals surface area contributed by atoms with Crippen molar-refractivity contribution in [3.8, 4) is 0 Å². The number of esters is 1. The van der Waals surface area contributed by atoms with Crippen LogP contribution in [-0.2, 0) is 9.53 Å². The molecule has 1 aromatic carbocycles. The first-order chi connectivity index (χ1) is 12.2. The highest BCUT2D eigenvalue weighted by atomic mass is 35.5. The van der Waals surface area contributed by atoms with Crippen LogP contribution in [0.4, 0.5) is 0 Å². The van der Waals surface area contributed by atoms with Gasteiger partial charge in [0.1, 0.15) is 5.15 Å². The van der Waals surface area contributed by atoms with E-state index in [1.807, 2.05) is 18.2 Å². The number of rotatable bonds is 4. The number of hydrogen-bond acceptors (Lipinski definition) is 4. The van der Waals surface area contributed by atoms with Gasteiger partial charge in [-0.1, -0.05) is 41.9 Å². The van der Waals surface area contributed by atoms with Crippen molar-refractivity contribution in [2.75, 3.05) is 13.1 Å². The van der Waals surface area contributed by atoms with Crippen molar-refractivity contribution in [3.05, 3.63) is 64.9 Å². The van der Waals surface area contributed by atoms with Gasteiger partial charge in [-0.3, -0.25) is 4.79 Å². The molecular formula is C19H19ClN2O3. The van der Waals surface area contributed by atoms with Crippen LogP contribution in [0.25, 0.3) is 0 Å². The fourth-order valence-corrected chi connectivity index (χ4v) is 3.07. The number of halogens is 1. The van der Waals surface area contributed by atoms with Crippen LogP contribution in [0.2, 0.25) is 5.15 Å². The average molecular weight is 359 g/mol. The lowest BCUT2D eigenvalue weighted by Gasteiger charge is -2.30. The first kappa shape index (κ1) is 17.4. The van der Waals surface area contributed by atoms with Crippen LogP contribution < -0.4 is 0 Å². The molecule has 0 aliphatic carbocycles. The van der Waals surface area contributed by atoms with Gasteiger partial charge in [0.05, 0.1) is 5.56 Å². The van der Waals surface area contributed by atoms with Crippen LogP contribution >= 0.6 is 11.6 Å². The van der Waals surface area contributed by atoms with Crippen LogP contribution in [0.3, 0.4) is 0 Å². The number of hydrogen-bond donors (Lipinski definition) is 0. The predicted octanol–water partition coefficient (Wildman–Crippen LogP) is 3.65. The molecule has 1 amide bonds. The van der Waals surface area contributed by atoms with Gasteiger partial charge in [-0.05, 0) is 31.4 Å². The smallest absolute Gasteiger partial charge is 0.342 e. The quantitative estimate of drug-likeness (QED) is 0.618. The Balaban J connectivity index is 1.85. The molecule has 0 radical (unpaired) electrons. The number of aromatic nitrogens is 1. The summed E-state index contributed by atoms with van der Waals surface area (Å²) in [6.45, 7) is 1.38. The molecule has 0 N–H and O–H groups in total. The van der Waals surface area contributed by atoms with E-state index in [1.165, 1.54) is 12.3 Å². The maximum Gasteiger partial charge on any atom is 0.342 e. The molecule has 1 aliphatic rings. The Kier molecular flexibility index (Phi) is 5.66. The van der Waals surface area contributed by atoms with Crippen molar-refractivity contribution in [3.63, 3.8) is 0 Å².